The smallest absolute Gasteiger partial charge is 0.144 e. The Labute approximate surface area is 130 Å². The molecule has 0 saturated heterocycles. The quantitative estimate of drug-likeness (QED) is 0.672. The zero-order chi connectivity index (χ0) is 13.3. The van der Waals surface area contributed by atoms with Crippen molar-refractivity contribution in [2.24, 2.45) is 0 Å². The SMILES string of the molecule is Fc1cc(Cl)c(Nc2ncc(Cl)cc2Br)c(Br)c1. The molecule has 0 atom stereocenters. The highest BCUT2D eigenvalue weighted by atomic mass is 79.9. The molecule has 0 spiro atoms. The van der Waals surface area contributed by atoms with Gasteiger partial charge in [-0.25, -0.2) is 9.37 Å². The number of aromatic nitrogens is 1. The molecule has 18 heavy (non-hydrogen) atoms. The Morgan fingerprint density at radius 1 is 1.11 bits per heavy atom. The van der Waals surface area contributed by atoms with Crippen LogP contribution in [0.25, 0.3) is 0 Å². The van der Waals surface area contributed by atoms with Gasteiger partial charge < -0.3 is 5.32 Å². The summed E-state index contributed by atoms with van der Waals surface area (Å²) in [6.45, 7) is 0. The Bertz CT molecular complexity index is 585. The van der Waals surface area contributed by atoms with Gasteiger partial charge in [0.25, 0.3) is 0 Å². The Hall–Kier alpha value is -0.360. The van der Waals surface area contributed by atoms with Gasteiger partial charge in [0.1, 0.15) is 11.6 Å². The summed E-state index contributed by atoms with van der Waals surface area (Å²) < 4.78 is 14.3. The lowest BCUT2D eigenvalue weighted by Gasteiger charge is -2.11. The van der Waals surface area contributed by atoms with E-state index in [1.165, 1.54) is 18.3 Å². The summed E-state index contributed by atoms with van der Waals surface area (Å²) in [6, 6.07) is 4.23. The van der Waals surface area contributed by atoms with E-state index < -0.39 is 5.82 Å². The molecule has 0 fully saturated rings. The average Bonchev–Trinajstić information content (AvgIpc) is 2.25. The van der Waals surface area contributed by atoms with E-state index >= 15 is 0 Å². The highest BCUT2D eigenvalue weighted by Crippen LogP contribution is 2.35. The lowest BCUT2D eigenvalue weighted by Crippen LogP contribution is -1.97. The first kappa shape index (κ1) is 14.1. The second-order valence-corrected chi connectivity index (χ2v) is 5.91. The Morgan fingerprint density at radius 2 is 1.83 bits per heavy atom. The number of nitrogens with one attached hydrogen (secondary N) is 1. The molecule has 2 rings (SSSR count). The van der Waals surface area contributed by atoms with Crippen molar-refractivity contribution in [1.29, 1.82) is 0 Å². The summed E-state index contributed by atoms with van der Waals surface area (Å²) in [5.74, 6) is 0.120. The maximum atomic E-state index is 13.1. The molecule has 0 aliphatic heterocycles. The van der Waals surface area contributed by atoms with E-state index in [1.807, 2.05) is 0 Å². The zero-order valence-electron chi connectivity index (χ0n) is 8.65. The first-order chi connectivity index (χ1) is 8.47. The molecule has 1 N–H and O–H groups in total. The number of halogens is 5. The molecule has 0 aliphatic rings. The normalized spacial score (nSPS) is 10.5. The lowest BCUT2D eigenvalue weighted by molar-refractivity contribution is 0.627. The van der Waals surface area contributed by atoms with Gasteiger partial charge >= 0.3 is 0 Å². The number of pyridine rings is 1. The van der Waals surface area contributed by atoms with Crippen LogP contribution in [0.4, 0.5) is 15.9 Å². The minimum atomic E-state index is -0.416. The van der Waals surface area contributed by atoms with Crippen molar-refractivity contribution in [3.05, 3.63) is 49.2 Å². The lowest BCUT2D eigenvalue weighted by atomic mass is 10.3. The number of hydrogen-bond acceptors (Lipinski definition) is 2. The molecule has 2 nitrogen and oxygen atoms in total. The van der Waals surface area contributed by atoms with Crippen molar-refractivity contribution in [2.75, 3.05) is 5.32 Å². The summed E-state index contributed by atoms with van der Waals surface area (Å²) in [5.41, 5.74) is 0.536. The van der Waals surface area contributed by atoms with Crippen molar-refractivity contribution >= 4 is 66.6 Å². The van der Waals surface area contributed by atoms with E-state index in [4.69, 9.17) is 23.2 Å². The van der Waals surface area contributed by atoms with Crippen LogP contribution < -0.4 is 5.32 Å². The maximum absolute atomic E-state index is 13.1. The van der Waals surface area contributed by atoms with Gasteiger partial charge in [-0.05, 0) is 50.1 Å². The van der Waals surface area contributed by atoms with Crippen molar-refractivity contribution in [3.63, 3.8) is 0 Å². The van der Waals surface area contributed by atoms with E-state index in [0.29, 0.717) is 25.5 Å². The highest BCUT2D eigenvalue weighted by Gasteiger charge is 2.11. The third-order valence-electron chi connectivity index (χ3n) is 2.06. The maximum Gasteiger partial charge on any atom is 0.144 e. The van der Waals surface area contributed by atoms with Crippen molar-refractivity contribution in [1.82, 2.24) is 4.98 Å². The minimum absolute atomic E-state index is 0.255. The largest absolute Gasteiger partial charge is 0.337 e. The first-order valence-corrected chi connectivity index (χ1v) is 7.04. The molecule has 1 heterocycles. The van der Waals surface area contributed by atoms with Gasteiger partial charge in [0.15, 0.2) is 0 Å². The van der Waals surface area contributed by atoms with E-state index in [0.717, 1.165) is 0 Å². The Morgan fingerprint density at radius 3 is 2.44 bits per heavy atom. The molecule has 1 aromatic carbocycles. The zero-order valence-corrected chi connectivity index (χ0v) is 13.3. The molecule has 0 aliphatic carbocycles. The molecular weight excluding hydrogens is 410 g/mol. The fourth-order valence-corrected chi connectivity index (χ4v) is 2.92. The van der Waals surface area contributed by atoms with Crippen LogP contribution in [0.1, 0.15) is 0 Å². The molecule has 0 amide bonds. The van der Waals surface area contributed by atoms with Gasteiger partial charge in [-0.2, -0.15) is 0 Å². The van der Waals surface area contributed by atoms with Crippen LogP contribution in [0, 0.1) is 5.82 Å². The van der Waals surface area contributed by atoms with Crippen molar-refractivity contribution in [3.8, 4) is 0 Å². The van der Waals surface area contributed by atoms with Crippen molar-refractivity contribution in [2.45, 2.75) is 0 Å². The van der Waals surface area contributed by atoms with Crippen molar-refractivity contribution < 1.29 is 4.39 Å². The third-order valence-corrected chi connectivity index (χ3v) is 3.79. The van der Waals surface area contributed by atoms with Gasteiger partial charge in [-0.1, -0.05) is 23.2 Å². The fraction of sp³-hybridized carbons (Fsp3) is 0. The number of hydrogen-bond donors (Lipinski definition) is 1. The van der Waals surface area contributed by atoms with E-state index in [9.17, 15) is 4.39 Å². The van der Waals surface area contributed by atoms with Crippen LogP contribution in [-0.4, -0.2) is 4.98 Å². The second-order valence-electron chi connectivity index (χ2n) is 3.35. The van der Waals surface area contributed by atoms with Gasteiger partial charge in [0.2, 0.25) is 0 Å². The molecule has 0 unspecified atom stereocenters. The summed E-state index contributed by atoms with van der Waals surface area (Å²) in [7, 11) is 0. The first-order valence-electron chi connectivity index (χ1n) is 4.70. The summed E-state index contributed by atoms with van der Waals surface area (Å²) in [6.07, 6.45) is 1.50. The van der Waals surface area contributed by atoms with Crippen LogP contribution in [0.3, 0.4) is 0 Å². The molecule has 94 valence electrons. The number of nitrogens with zero attached hydrogens (tertiary/aromatic N) is 1. The third kappa shape index (κ3) is 3.15. The number of rotatable bonds is 2. The Balaban J connectivity index is 2.40. The highest BCUT2D eigenvalue weighted by molar-refractivity contribution is 9.11. The monoisotopic (exact) mass is 412 g/mol. The van der Waals surface area contributed by atoms with Crippen LogP contribution in [0.5, 0.6) is 0 Å². The number of benzene rings is 1. The molecule has 0 saturated carbocycles. The molecule has 1 aromatic heterocycles. The second kappa shape index (κ2) is 5.74. The van der Waals surface area contributed by atoms with Crippen LogP contribution in [0.15, 0.2) is 33.3 Å². The molecule has 7 heteroatoms. The molecule has 0 bridgehead atoms. The number of anilines is 2. The van der Waals surface area contributed by atoms with E-state index in [-0.39, 0.29) is 5.02 Å². The van der Waals surface area contributed by atoms with E-state index in [1.54, 1.807) is 6.07 Å². The van der Waals surface area contributed by atoms with Crippen LogP contribution in [0.2, 0.25) is 10.0 Å². The average molecular weight is 415 g/mol. The predicted octanol–water partition coefficient (Wildman–Crippen LogP) is 5.80. The summed E-state index contributed by atoms with van der Waals surface area (Å²) in [5, 5.41) is 3.77. The minimum Gasteiger partial charge on any atom is -0.337 e. The van der Waals surface area contributed by atoms with Gasteiger partial charge in [-0.3, -0.25) is 0 Å². The summed E-state index contributed by atoms with van der Waals surface area (Å²) in [4.78, 5) is 4.11. The Kier molecular flexibility index (Phi) is 4.48. The van der Waals surface area contributed by atoms with Gasteiger partial charge in [0, 0.05) is 10.7 Å². The molecule has 2 aromatic rings. The topological polar surface area (TPSA) is 24.9 Å². The predicted molar refractivity (Wildman–Crippen MR) is 79.3 cm³/mol. The molecular formula is C11H5Br2Cl2FN2. The van der Waals surface area contributed by atoms with Crippen LogP contribution in [-0.2, 0) is 0 Å². The van der Waals surface area contributed by atoms with E-state index in [2.05, 4.69) is 42.2 Å². The van der Waals surface area contributed by atoms with Gasteiger partial charge in [-0.15, -0.1) is 0 Å². The standard InChI is InChI=1S/C11H5Br2Cl2FN2/c12-7-2-6(16)3-9(15)10(7)18-11-8(13)1-5(14)4-17-11/h1-4H,(H,17,18). The fourth-order valence-electron chi connectivity index (χ4n) is 1.29. The summed E-state index contributed by atoms with van der Waals surface area (Å²) >= 11 is 18.3. The molecule has 0 radical (unpaired) electrons. The van der Waals surface area contributed by atoms with Gasteiger partial charge in [0.05, 0.1) is 20.2 Å². The van der Waals surface area contributed by atoms with Crippen LogP contribution >= 0.6 is 55.1 Å².